The minimum atomic E-state index is -0.402. The van der Waals surface area contributed by atoms with Gasteiger partial charge < -0.3 is 10.2 Å². The minimum Gasteiger partial charge on any atom is -0.343 e. The molecule has 20 heavy (non-hydrogen) atoms. The highest BCUT2D eigenvalue weighted by Crippen LogP contribution is 2.08. The van der Waals surface area contributed by atoms with Crippen molar-refractivity contribution in [3.8, 4) is 0 Å². The van der Waals surface area contributed by atoms with E-state index in [-0.39, 0.29) is 18.3 Å². The smallest absolute Gasteiger partial charge is 0.244 e. The van der Waals surface area contributed by atoms with Gasteiger partial charge in [0.2, 0.25) is 11.8 Å². The summed E-state index contributed by atoms with van der Waals surface area (Å²) in [6, 6.07) is 6.18. The Morgan fingerprint density at radius 1 is 1.25 bits per heavy atom. The van der Waals surface area contributed by atoms with Gasteiger partial charge in [0.1, 0.15) is 5.82 Å². The van der Waals surface area contributed by atoms with Crippen LogP contribution in [0.25, 0.3) is 6.08 Å². The molecule has 1 aromatic rings. The van der Waals surface area contributed by atoms with Gasteiger partial charge in [-0.1, -0.05) is 18.2 Å². The minimum absolute atomic E-state index is 0.0134. The van der Waals surface area contributed by atoms with Crippen LogP contribution in [0.1, 0.15) is 18.4 Å². The Morgan fingerprint density at radius 3 is 2.65 bits per heavy atom. The fourth-order valence-electron chi connectivity index (χ4n) is 2.08. The van der Waals surface area contributed by atoms with Crippen molar-refractivity contribution in [2.75, 3.05) is 19.6 Å². The molecule has 0 unspecified atom stereocenters. The molecule has 0 spiro atoms. The van der Waals surface area contributed by atoms with Gasteiger partial charge in [-0.3, -0.25) is 9.59 Å². The van der Waals surface area contributed by atoms with Crippen molar-refractivity contribution in [1.82, 2.24) is 10.2 Å². The van der Waals surface area contributed by atoms with Gasteiger partial charge in [-0.05, 0) is 25.0 Å². The van der Waals surface area contributed by atoms with Crippen LogP contribution < -0.4 is 5.32 Å². The largest absolute Gasteiger partial charge is 0.343 e. The van der Waals surface area contributed by atoms with Crippen LogP contribution in [0.2, 0.25) is 0 Å². The predicted octanol–water partition coefficient (Wildman–Crippen LogP) is 1.58. The van der Waals surface area contributed by atoms with Crippen LogP contribution in [-0.2, 0) is 9.59 Å². The molecule has 1 saturated heterocycles. The lowest BCUT2D eigenvalue weighted by molar-refractivity contribution is -0.131. The molecule has 5 heteroatoms. The average Bonchev–Trinajstić information content (AvgIpc) is 2.98. The molecular formula is C15H17FN2O2. The third-order valence-corrected chi connectivity index (χ3v) is 3.19. The molecule has 4 nitrogen and oxygen atoms in total. The number of carbonyl (C=O) groups excluding carboxylic acids is 2. The molecule has 0 aliphatic carbocycles. The Balaban J connectivity index is 1.80. The number of nitrogens with zero attached hydrogens (tertiary/aromatic N) is 1. The number of benzene rings is 1. The first-order chi connectivity index (χ1) is 9.66. The number of hydrogen-bond donors (Lipinski definition) is 1. The summed E-state index contributed by atoms with van der Waals surface area (Å²) in [6.07, 6.45) is 4.67. The van der Waals surface area contributed by atoms with Gasteiger partial charge >= 0.3 is 0 Å². The summed E-state index contributed by atoms with van der Waals surface area (Å²) in [5, 5.41) is 2.51. The summed E-state index contributed by atoms with van der Waals surface area (Å²) in [6.45, 7) is 1.51. The molecule has 1 heterocycles. The highest BCUT2D eigenvalue weighted by Gasteiger charge is 2.17. The molecule has 1 aliphatic rings. The second kappa shape index (κ2) is 6.84. The lowest BCUT2D eigenvalue weighted by Crippen LogP contribution is -2.38. The summed E-state index contributed by atoms with van der Waals surface area (Å²) < 4.78 is 13.3. The highest BCUT2D eigenvalue weighted by atomic mass is 19.1. The zero-order valence-electron chi connectivity index (χ0n) is 11.1. The maximum atomic E-state index is 13.3. The Bertz CT molecular complexity index is 522. The van der Waals surface area contributed by atoms with Crippen molar-refractivity contribution in [2.45, 2.75) is 12.8 Å². The summed E-state index contributed by atoms with van der Waals surface area (Å²) in [4.78, 5) is 25.0. The van der Waals surface area contributed by atoms with E-state index in [1.54, 1.807) is 23.1 Å². The zero-order chi connectivity index (χ0) is 14.4. The number of halogens is 1. The van der Waals surface area contributed by atoms with Crippen molar-refractivity contribution in [2.24, 2.45) is 0 Å². The SMILES string of the molecule is O=C(/C=C/c1ccccc1F)NCC(=O)N1CCCC1. The zero-order valence-corrected chi connectivity index (χ0v) is 11.1. The van der Waals surface area contributed by atoms with Crippen LogP contribution in [0, 0.1) is 5.82 Å². The Labute approximate surface area is 117 Å². The van der Waals surface area contributed by atoms with E-state index in [1.807, 2.05) is 0 Å². The molecule has 1 aromatic carbocycles. The van der Waals surface area contributed by atoms with Gasteiger partial charge in [0, 0.05) is 24.7 Å². The van der Waals surface area contributed by atoms with Gasteiger partial charge in [-0.25, -0.2) is 4.39 Å². The Hall–Kier alpha value is -2.17. The van der Waals surface area contributed by atoms with E-state index in [2.05, 4.69) is 5.32 Å². The molecular weight excluding hydrogens is 259 g/mol. The second-order valence-electron chi connectivity index (χ2n) is 4.66. The average molecular weight is 276 g/mol. The second-order valence-corrected chi connectivity index (χ2v) is 4.66. The van der Waals surface area contributed by atoms with Gasteiger partial charge in [-0.15, -0.1) is 0 Å². The van der Waals surface area contributed by atoms with Crippen molar-refractivity contribution >= 4 is 17.9 Å². The molecule has 2 amide bonds. The predicted molar refractivity (Wildman–Crippen MR) is 74.3 cm³/mol. The van der Waals surface area contributed by atoms with Gasteiger partial charge in [-0.2, -0.15) is 0 Å². The third-order valence-electron chi connectivity index (χ3n) is 3.19. The lowest BCUT2D eigenvalue weighted by atomic mass is 10.2. The molecule has 0 atom stereocenters. The number of rotatable bonds is 4. The van der Waals surface area contributed by atoms with Crippen LogP contribution in [-0.4, -0.2) is 36.3 Å². The fourth-order valence-corrected chi connectivity index (χ4v) is 2.08. The molecule has 0 saturated carbocycles. The lowest BCUT2D eigenvalue weighted by Gasteiger charge is -2.14. The highest BCUT2D eigenvalue weighted by molar-refractivity contribution is 5.94. The summed E-state index contributed by atoms with van der Waals surface area (Å²) in [5.41, 5.74) is 0.341. The van der Waals surface area contributed by atoms with Crippen molar-refractivity contribution in [1.29, 1.82) is 0 Å². The van der Waals surface area contributed by atoms with E-state index in [4.69, 9.17) is 0 Å². The number of likely N-dealkylation sites (tertiary alicyclic amines) is 1. The number of amides is 2. The number of carbonyl (C=O) groups is 2. The normalized spacial score (nSPS) is 14.8. The molecule has 1 N–H and O–H groups in total. The van der Waals surface area contributed by atoms with Crippen LogP contribution in [0.15, 0.2) is 30.3 Å². The first-order valence-corrected chi connectivity index (χ1v) is 6.65. The molecule has 106 valence electrons. The van der Waals surface area contributed by atoms with Crippen molar-refractivity contribution < 1.29 is 14.0 Å². The Morgan fingerprint density at radius 2 is 1.95 bits per heavy atom. The topological polar surface area (TPSA) is 49.4 Å². The van der Waals surface area contributed by atoms with Crippen molar-refractivity contribution in [3.63, 3.8) is 0 Å². The molecule has 2 rings (SSSR count). The number of hydrogen-bond acceptors (Lipinski definition) is 2. The van der Waals surface area contributed by atoms with Crippen LogP contribution >= 0.6 is 0 Å². The summed E-state index contributed by atoms with van der Waals surface area (Å²) >= 11 is 0. The quantitative estimate of drug-likeness (QED) is 0.849. The van der Waals surface area contributed by atoms with Crippen LogP contribution in [0.5, 0.6) is 0 Å². The maximum absolute atomic E-state index is 13.3. The molecule has 1 aliphatic heterocycles. The molecule has 0 bridgehead atoms. The molecule has 0 radical (unpaired) electrons. The summed E-state index contributed by atoms with van der Waals surface area (Å²) in [7, 11) is 0. The van der Waals surface area contributed by atoms with Crippen LogP contribution in [0.3, 0.4) is 0 Å². The van der Waals surface area contributed by atoms with Gasteiger partial charge in [0.25, 0.3) is 0 Å². The van der Waals surface area contributed by atoms with E-state index in [1.165, 1.54) is 18.2 Å². The maximum Gasteiger partial charge on any atom is 0.244 e. The molecule has 1 fully saturated rings. The Kier molecular flexibility index (Phi) is 4.87. The van der Waals surface area contributed by atoms with E-state index < -0.39 is 5.91 Å². The first-order valence-electron chi connectivity index (χ1n) is 6.65. The van der Waals surface area contributed by atoms with E-state index in [0.717, 1.165) is 25.9 Å². The third kappa shape index (κ3) is 3.91. The number of nitrogens with one attached hydrogen (secondary N) is 1. The van der Waals surface area contributed by atoms with Gasteiger partial charge in [0.15, 0.2) is 0 Å². The summed E-state index contributed by atoms with van der Waals surface area (Å²) in [5.74, 6) is -0.861. The van der Waals surface area contributed by atoms with E-state index in [0.29, 0.717) is 5.56 Å². The fraction of sp³-hybridized carbons (Fsp3) is 0.333. The first kappa shape index (κ1) is 14.2. The van der Waals surface area contributed by atoms with Crippen molar-refractivity contribution in [3.05, 3.63) is 41.7 Å². The van der Waals surface area contributed by atoms with Gasteiger partial charge in [0.05, 0.1) is 6.54 Å². The van der Waals surface area contributed by atoms with Crippen LogP contribution in [0.4, 0.5) is 4.39 Å². The molecule has 0 aromatic heterocycles. The standard InChI is InChI=1S/C15H17FN2O2/c16-13-6-2-1-5-12(13)7-8-14(19)17-11-15(20)18-9-3-4-10-18/h1-2,5-8H,3-4,9-11H2,(H,17,19)/b8-7+. The monoisotopic (exact) mass is 276 g/mol. The van der Waals surface area contributed by atoms with E-state index >= 15 is 0 Å². The van der Waals surface area contributed by atoms with E-state index in [9.17, 15) is 14.0 Å².